The van der Waals surface area contributed by atoms with Crippen LogP contribution < -0.4 is 5.32 Å². The van der Waals surface area contributed by atoms with E-state index in [0.717, 1.165) is 12.0 Å². The lowest BCUT2D eigenvalue weighted by molar-refractivity contribution is -0.120. The SMILES string of the molecule is C=CCSC1=C(C#N)C(c2ccc(CC)cc2)CC(=O)N1. The Labute approximate surface area is 129 Å². The lowest BCUT2D eigenvalue weighted by Crippen LogP contribution is -2.30. The molecule has 2 rings (SSSR count). The Morgan fingerprint density at radius 2 is 2.19 bits per heavy atom. The van der Waals surface area contributed by atoms with Gasteiger partial charge in [0, 0.05) is 18.1 Å². The van der Waals surface area contributed by atoms with E-state index in [0.29, 0.717) is 22.8 Å². The molecular weight excluding hydrogens is 280 g/mol. The number of nitrogens with zero attached hydrogens (tertiary/aromatic N) is 1. The maximum atomic E-state index is 11.9. The van der Waals surface area contributed by atoms with Crippen molar-refractivity contribution in [1.29, 1.82) is 5.26 Å². The van der Waals surface area contributed by atoms with Crippen molar-refractivity contribution in [2.75, 3.05) is 5.75 Å². The molecule has 0 bridgehead atoms. The second-order valence-corrected chi connectivity index (χ2v) is 5.88. The summed E-state index contributed by atoms with van der Waals surface area (Å²) in [6.07, 6.45) is 3.07. The van der Waals surface area contributed by atoms with Crippen molar-refractivity contribution in [3.63, 3.8) is 0 Å². The first kappa shape index (κ1) is 15.4. The fourth-order valence-electron chi connectivity index (χ4n) is 2.35. The van der Waals surface area contributed by atoms with E-state index < -0.39 is 0 Å². The van der Waals surface area contributed by atoms with E-state index in [4.69, 9.17) is 0 Å². The van der Waals surface area contributed by atoms with Crippen LogP contribution in [0.1, 0.15) is 30.4 Å². The first-order valence-electron chi connectivity index (χ1n) is 6.96. The maximum Gasteiger partial charge on any atom is 0.225 e. The fraction of sp³-hybridized carbons (Fsp3) is 0.294. The minimum atomic E-state index is -0.151. The van der Waals surface area contributed by atoms with Gasteiger partial charge in [-0.05, 0) is 17.5 Å². The molecule has 0 radical (unpaired) electrons. The van der Waals surface area contributed by atoms with Crippen molar-refractivity contribution in [3.05, 3.63) is 58.6 Å². The molecule has 108 valence electrons. The molecule has 1 N–H and O–H groups in total. The molecule has 0 aromatic heterocycles. The van der Waals surface area contributed by atoms with Gasteiger partial charge in [0.2, 0.25) is 5.91 Å². The smallest absolute Gasteiger partial charge is 0.225 e. The minimum absolute atomic E-state index is 0.0369. The summed E-state index contributed by atoms with van der Waals surface area (Å²) in [6.45, 7) is 5.78. The number of carbonyl (C=O) groups is 1. The summed E-state index contributed by atoms with van der Waals surface area (Å²) < 4.78 is 0. The van der Waals surface area contributed by atoms with Crippen molar-refractivity contribution in [1.82, 2.24) is 5.32 Å². The number of carbonyl (C=O) groups excluding carboxylic acids is 1. The van der Waals surface area contributed by atoms with Crippen molar-refractivity contribution in [2.24, 2.45) is 0 Å². The molecule has 1 amide bonds. The largest absolute Gasteiger partial charge is 0.320 e. The average molecular weight is 298 g/mol. The molecule has 0 fully saturated rings. The van der Waals surface area contributed by atoms with Crippen LogP contribution in [0.3, 0.4) is 0 Å². The van der Waals surface area contributed by atoms with Gasteiger partial charge in [-0.1, -0.05) is 37.3 Å². The van der Waals surface area contributed by atoms with Gasteiger partial charge >= 0.3 is 0 Å². The Balaban J connectivity index is 2.36. The van der Waals surface area contributed by atoms with Crippen molar-refractivity contribution in [2.45, 2.75) is 25.7 Å². The van der Waals surface area contributed by atoms with Gasteiger partial charge in [-0.15, -0.1) is 18.3 Å². The number of rotatable bonds is 5. The van der Waals surface area contributed by atoms with Crippen molar-refractivity contribution < 1.29 is 4.79 Å². The van der Waals surface area contributed by atoms with Crippen molar-refractivity contribution in [3.8, 4) is 6.07 Å². The van der Waals surface area contributed by atoms with Gasteiger partial charge in [0.1, 0.15) is 0 Å². The Morgan fingerprint density at radius 1 is 1.48 bits per heavy atom. The molecule has 1 aromatic rings. The quantitative estimate of drug-likeness (QED) is 0.846. The lowest BCUT2D eigenvalue weighted by atomic mass is 9.86. The van der Waals surface area contributed by atoms with E-state index in [1.165, 1.54) is 17.3 Å². The molecule has 0 saturated carbocycles. The lowest BCUT2D eigenvalue weighted by Gasteiger charge is -2.25. The van der Waals surface area contributed by atoms with Crippen LogP contribution in [0.5, 0.6) is 0 Å². The standard InChI is InChI=1S/C17H18N2OS/c1-3-9-21-17-15(11-18)14(10-16(20)19-17)13-7-5-12(4-2)6-8-13/h3,5-8,14H,1,4,9-10H2,2H3,(H,19,20). The number of nitrogens with one attached hydrogen (secondary N) is 1. The Bertz CT molecular complexity index is 611. The van der Waals surface area contributed by atoms with Crippen LogP contribution in [0, 0.1) is 11.3 Å². The highest BCUT2D eigenvalue weighted by atomic mass is 32.2. The third kappa shape index (κ3) is 3.56. The summed E-state index contributed by atoms with van der Waals surface area (Å²) in [5.74, 6) is 0.481. The first-order chi connectivity index (χ1) is 10.2. The molecule has 0 spiro atoms. The number of amides is 1. The van der Waals surface area contributed by atoms with Gasteiger partial charge in [-0.3, -0.25) is 4.79 Å². The van der Waals surface area contributed by atoms with E-state index in [2.05, 4.69) is 37.0 Å². The normalized spacial score (nSPS) is 18.1. The van der Waals surface area contributed by atoms with E-state index in [1.807, 2.05) is 12.1 Å². The number of hydrogen-bond donors (Lipinski definition) is 1. The van der Waals surface area contributed by atoms with E-state index in [1.54, 1.807) is 6.08 Å². The third-order valence-electron chi connectivity index (χ3n) is 3.49. The number of thioether (sulfide) groups is 1. The van der Waals surface area contributed by atoms with Crippen LogP contribution in [-0.4, -0.2) is 11.7 Å². The summed E-state index contributed by atoms with van der Waals surface area (Å²) in [7, 11) is 0. The molecule has 0 saturated heterocycles. The predicted molar refractivity (Wildman–Crippen MR) is 86.6 cm³/mol. The zero-order chi connectivity index (χ0) is 15.2. The van der Waals surface area contributed by atoms with Crippen molar-refractivity contribution >= 4 is 17.7 Å². The second-order valence-electron chi connectivity index (χ2n) is 4.85. The highest BCUT2D eigenvalue weighted by Gasteiger charge is 2.29. The number of aryl methyl sites for hydroxylation is 1. The Morgan fingerprint density at radius 3 is 2.76 bits per heavy atom. The second kappa shape index (κ2) is 7.14. The van der Waals surface area contributed by atoms with E-state index in [9.17, 15) is 10.1 Å². The molecule has 0 aliphatic carbocycles. The molecular formula is C17H18N2OS. The minimum Gasteiger partial charge on any atom is -0.320 e. The van der Waals surface area contributed by atoms with Gasteiger partial charge in [-0.25, -0.2) is 0 Å². The summed E-state index contributed by atoms with van der Waals surface area (Å²) in [4.78, 5) is 11.9. The summed E-state index contributed by atoms with van der Waals surface area (Å²) in [6, 6.07) is 10.4. The highest BCUT2D eigenvalue weighted by Crippen LogP contribution is 2.35. The molecule has 1 unspecified atom stereocenters. The van der Waals surface area contributed by atoms with Gasteiger partial charge < -0.3 is 5.32 Å². The molecule has 1 aliphatic heterocycles. The van der Waals surface area contributed by atoms with E-state index in [-0.39, 0.29) is 11.8 Å². The van der Waals surface area contributed by atoms with Crippen LogP contribution in [0.4, 0.5) is 0 Å². The van der Waals surface area contributed by atoms with Gasteiger partial charge in [0.15, 0.2) is 0 Å². The number of nitriles is 1. The topological polar surface area (TPSA) is 52.9 Å². The van der Waals surface area contributed by atoms with Crippen LogP contribution in [0.25, 0.3) is 0 Å². The zero-order valence-electron chi connectivity index (χ0n) is 12.1. The Hall–Kier alpha value is -1.99. The van der Waals surface area contributed by atoms with Crippen LogP contribution in [0.15, 0.2) is 47.5 Å². The highest BCUT2D eigenvalue weighted by molar-refractivity contribution is 8.03. The fourth-order valence-corrected chi connectivity index (χ4v) is 3.16. The van der Waals surface area contributed by atoms with Gasteiger partial charge in [0.25, 0.3) is 0 Å². The van der Waals surface area contributed by atoms with Gasteiger partial charge in [0.05, 0.1) is 16.7 Å². The monoisotopic (exact) mass is 298 g/mol. The van der Waals surface area contributed by atoms with Crippen LogP contribution in [0.2, 0.25) is 0 Å². The third-order valence-corrected chi connectivity index (χ3v) is 4.50. The molecule has 1 heterocycles. The molecule has 3 nitrogen and oxygen atoms in total. The number of hydrogen-bond acceptors (Lipinski definition) is 3. The molecule has 1 aliphatic rings. The first-order valence-corrected chi connectivity index (χ1v) is 7.94. The number of allylic oxidation sites excluding steroid dienone is 1. The Kier molecular flexibility index (Phi) is 5.24. The van der Waals surface area contributed by atoms with Gasteiger partial charge in [-0.2, -0.15) is 5.26 Å². The van der Waals surface area contributed by atoms with Crippen LogP contribution >= 0.6 is 11.8 Å². The number of benzene rings is 1. The zero-order valence-corrected chi connectivity index (χ0v) is 12.9. The molecule has 4 heteroatoms. The van der Waals surface area contributed by atoms with Crippen LogP contribution in [-0.2, 0) is 11.2 Å². The average Bonchev–Trinajstić information content (AvgIpc) is 2.52. The maximum absolute atomic E-state index is 11.9. The summed E-state index contributed by atoms with van der Waals surface area (Å²) >= 11 is 1.45. The van der Waals surface area contributed by atoms with E-state index >= 15 is 0 Å². The molecule has 1 atom stereocenters. The molecule has 21 heavy (non-hydrogen) atoms. The summed E-state index contributed by atoms with van der Waals surface area (Å²) in [5.41, 5.74) is 2.92. The predicted octanol–water partition coefficient (Wildman–Crippen LogP) is 3.51. The molecule has 1 aromatic carbocycles. The summed E-state index contributed by atoms with van der Waals surface area (Å²) in [5, 5.41) is 13.0.